The van der Waals surface area contributed by atoms with Crippen LogP contribution in [0.15, 0.2) is 12.2 Å². The second-order valence-corrected chi connectivity index (χ2v) is 19.9. The first kappa shape index (κ1) is 63.1. The largest absolute Gasteiger partial charge is 0.462 e. The number of hydrogen-bond donors (Lipinski definition) is 0. The summed E-state index contributed by atoms with van der Waals surface area (Å²) in [5.41, 5.74) is 0. The van der Waals surface area contributed by atoms with E-state index in [4.69, 9.17) is 14.2 Å². The lowest BCUT2D eigenvalue weighted by Gasteiger charge is -2.18. The van der Waals surface area contributed by atoms with Crippen LogP contribution in [0, 0.1) is 0 Å². The fourth-order valence-corrected chi connectivity index (χ4v) is 8.84. The molecule has 0 aromatic heterocycles. The van der Waals surface area contributed by atoms with Gasteiger partial charge in [0, 0.05) is 19.3 Å². The Bertz CT molecular complexity index is 1010. The van der Waals surface area contributed by atoms with E-state index in [1.807, 2.05) is 0 Å². The van der Waals surface area contributed by atoms with Gasteiger partial charge in [-0.15, -0.1) is 0 Å². The van der Waals surface area contributed by atoms with Gasteiger partial charge in [-0.25, -0.2) is 0 Å². The van der Waals surface area contributed by atoms with E-state index in [0.717, 1.165) is 64.2 Å². The summed E-state index contributed by atoms with van der Waals surface area (Å²) in [5.74, 6) is -0.853. The molecule has 0 bridgehead atoms. The molecule has 0 amide bonds. The van der Waals surface area contributed by atoms with Crippen LogP contribution in [-0.4, -0.2) is 37.2 Å². The third-order valence-corrected chi connectivity index (χ3v) is 13.3. The Morgan fingerprint density at radius 3 is 0.815 bits per heavy atom. The van der Waals surface area contributed by atoms with Crippen molar-refractivity contribution in [3.63, 3.8) is 0 Å². The van der Waals surface area contributed by atoms with Crippen LogP contribution in [0.25, 0.3) is 0 Å². The number of rotatable bonds is 54. The van der Waals surface area contributed by atoms with Gasteiger partial charge >= 0.3 is 17.9 Å². The number of hydrogen-bond acceptors (Lipinski definition) is 6. The summed E-state index contributed by atoms with van der Waals surface area (Å²) in [7, 11) is 0. The summed E-state index contributed by atoms with van der Waals surface area (Å²) in [5, 5.41) is 0. The number of carbonyl (C=O) groups is 3. The zero-order valence-corrected chi connectivity index (χ0v) is 44.0. The molecule has 0 aliphatic rings. The van der Waals surface area contributed by atoms with Crippen LogP contribution in [0.4, 0.5) is 0 Å². The highest BCUT2D eigenvalue weighted by Gasteiger charge is 2.19. The standard InChI is InChI=1S/C59H112O6/c1-4-7-10-13-16-19-22-24-26-27-28-29-30-31-33-35-38-41-44-47-50-53-59(62)65-56(54-63-57(60)51-48-45-42-39-36-21-18-15-12-9-6-3)55-64-58(61)52-49-46-43-40-37-34-32-25-23-20-17-14-11-8-5-2/h15,18,56H,4-14,16-17,19-55H2,1-3H3/b18-15-/t56-/m1/s1. The molecule has 1 atom stereocenters. The molecule has 6 heteroatoms. The van der Waals surface area contributed by atoms with E-state index in [0.29, 0.717) is 19.3 Å². The lowest BCUT2D eigenvalue weighted by atomic mass is 10.0. The number of esters is 3. The minimum absolute atomic E-state index is 0.0667. The Labute approximate surface area is 405 Å². The molecule has 0 heterocycles. The van der Waals surface area contributed by atoms with Crippen molar-refractivity contribution in [2.45, 2.75) is 335 Å². The summed E-state index contributed by atoms with van der Waals surface area (Å²) >= 11 is 0. The van der Waals surface area contributed by atoms with Crippen molar-refractivity contribution >= 4 is 17.9 Å². The number of carbonyl (C=O) groups excluding carboxylic acids is 3. The summed E-state index contributed by atoms with van der Waals surface area (Å²) < 4.78 is 16.9. The van der Waals surface area contributed by atoms with E-state index in [1.54, 1.807) is 0 Å². The Balaban J connectivity index is 4.24. The monoisotopic (exact) mass is 917 g/mol. The Hall–Kier alpha value is -1.85. The highest BCUT2D eigenvalue weighted by Crippen LogP contribution is 2.17. The fraction of sp³-hybridized carbons (Fsp3) is 0.915. The first-order valence-electron chi connectivity index (χ1n) is 29.2. The SMILES string of the molecule is CCCC/C=C\CCCCCCCC(=O)OC[C@H](COC(=O)CCCCCCCCCCCCCCCCC)OC(=O)CCCCCCCCCCCCCCCCCCCCCCC. The van der Waals surface area contributed by atoms with Gasteiger partial charge in [-0.2, -0.15) is 0 Å². The molecular formula is C59H112O6. The number of allylic oxidation sites excluding steroid dienone is 2. The van der Waals surface area contributed by atoms with Gasteiger partial charge in [-0.1, -0.05) is 283 Å². The average molecular weight is 918 g/mol. The Kier molecular flexibility index (Phi) is 53.2. The fourth-order valence-electron chi connectivity index (χ4n) is 8.84. The van der Waals surface area contributed by atoms with E-state index in [-0.39, 0.29) is 31.1 Å². The molecular weight excluding hydrogens is 805 g/mol. The molecule has 0 spiro atoms. The maximum absolute atomic E-state index is 12.8. The Morgan fingerprint density at radius 1 is 0.292 bits per heavy atom. The van der Waals surface area contributed by atoms with Crippen molar-refractivity contribution in [1.82, 2.24) is 0 Å². The van der Waals surface area contributed by atoms with E-state index in [9.17, 15) is 14.4 Å². The normalized spacial score (nSPS) is 12.0. The number of ether oxygens (including phenoxy) is 3. The lowest BCUT2D eigenvalue weighted by Crippen LogP contribution is -2.30. The molecule has 0 radical (unpaired) electrons. The van der Waals surface area contributed by atoms with Crippen molar-refractivity contribution < 1.29 is 28.6 Å². The molecule has 0 fully saturated rings. The van der Waals surface area contributed by atoms with Crippen molar-refractivity contribution in [2.24, 2.45) is 0 Å². The minimum atomic E-state index is -0.767. The van der Waals surface area contributed by atoms with Crippen LogP contribution in [0.1, 0.15) is 329 Å². The molecule has 0 aromatic carbocycles. The highest BCUT2D eigenvalue weighted by molar-refractivity contribution is 5.71. The summed E-state index contributed by atoms with van der Waals surface area (Å²) in [6, 6.07) is 0. The van der Waals surface area contributed by atoms with E-state index < -0.39 is 6.10 Å². The molecule has 0 aromatic rings. The van der Waals surface area contributed by atoms with Gasteiger partial charge < -0.3 is 14.2 Å². The van der Waals surface area contributed by atoms with Crippen LogP contribution in [0.2, 0.25) is 0 Å². The highest BCUT2D eigenvalue weighted by atomic mass is 16.6. The predicted molar refractivity (Wildman–Crippen MR) is 280 cm³/mol. The topological polar surface area (TPSA) is 78.9 Å². The molecule has 0 saturated carbocycles. The first-order valence-corrected chi connectivity index (χ1v) is 29.2. The van der Waals surface area contributed by atoms with Crippen LogP contribution in [0.3, 0.4) is 0 Å². The van der Waals surface area contributed by atoms with Gasteiger partial charge in [0.1, 0.15) is 13.2 Å². The Morgan fingerprint density at radius 2 is 0.523 bits per heavy atom. The predicted octanol–water partition coefficient (Wildman–Crippen LogP) is 19.3. The molecule has 0 rings (SSSR count). The van der Waals surface area contributed by atoms with E-state index in [2.05, 4.69) is 32.9 Å². The summed E-state index contributed by atoms with van der Waals surface area (Å²) in [6.07, 6.45) is 62.1. The van der Waals surface area contributed by atoms with Gasteiger partial charge in [0.15, 0.2) is 6.10 Å². The van der Waals surface area contributed by atoms with Crippen molar-refractivity contribution in [2.75, 3.05) is 13.2 Å². The summed E-state index contributed by atoms with van der Waals surface area (Å²) in [4.78, 5) is 38.1. The van der Waals surface area contributed by atoms with Crippen molar-refractivity contribution in [3.05, 3.63) is 12.2 Å². The van der Waals surface area contributed by atoms with Crippen molar-refractivity contribution in [3.8, 4) is 0 Å². The van der Waals surface area contributed by atoms with Crippen LogP contribution in [0.5, 0.6) is 0 Å². The van der Waals surface area contributed by atoms with E-state index in [1.165, 1.54) is 225 Å². The quantitative estimate of drug-likeness (QED) is 0.0262. The molecule has 65 heavy (non-hydrogen) atoms. The van der Waals surface area contributed by atoms with Crippen LogP contribution >= 0.6 is 0 Å². The second kappa shape index (κ2) is 54.8. The van der Waals surface area contributed by atoms with Gasteiger partial charge in [-0.3, -0.25) is 14.4 Å². The van der Waals surface area contributed by atoms with Crippen molar-refractivity contribution in [1.29, 1.82) is 0 Å². The maximum atomic E-state index is 12.8. The van der Waals surface area contributed by atoms with Gasteiger partial charge in [0.05, 0.1) is 0 Å². The van der Waals surface area contributed by atoms with Gasteiger partial charge in [0.2, 0.25) is 0 Å². The lowest BCUT2D eigenvalue weighted by molar-refractivity contribution is -0.167. The summed E-state index contributed by atoms with van der Waals surface area (Å²) in [6.45, 7) is 6.65. The third kappa shape index (κ3) is 53.0. The maximum Gasteiger partial charge on any atom is 0.306 e. The van der Waals surface area contributed by atoms with Crippen LogP contribution in [-0.2, 0) is 28.6 Å². The first-order chi connectivity index (χ1) is 32.0. The molecule has 0 N–H and O–H groups in total. The second-order valence-electron chi connectivity index (χ2n) is 19.9. The molecule has 6 nitrogen and oxygen atoms in total. The molecule has 0 aliphatic carbocycles. The smallest absolute Gasteiger partial charge is 0.306 e. The molecule has 0 aliphatic heterocycles. The average Bonchev–Trinajstić information content (AvgIpc) is 3.30. The third-order valence-electron chi connectivity index (χ3n) is 13.3. The van der Waals surface area contributed by atoms with Crippen LogP contribution < -0.4 is 0 Å². The van der Waals surface area contributed by atoms with Gasteiger partial charge in [0.25, 0.3) is 0 Å². The molecule has 0 saturated heterocycles. The zero-order chi connectivity index (χ0) is 47.2. The molecule has 384 valence electrons. The zero-order valence-electron chi connectivity index (χ0n) is 44.0. The van der Waals surface area contributed by atoms with Gasteiger partial charge in [-0.05, 0) is 38.5 Å². The van der Waals surface area contributed by atoms with E-state index >= 15 is 0 Å². The molecule has 0 unspecified atom stereocenters. The minimum Gasteiger partial charge on any atom is -0.462 e. The number of unbranched alkanes of at least 4 members (excludes halogenated alkanes) is 41.